The van der Waals surface area contributed by atoms with Crippen LogP contribution in [0.1, 0.15) is 36.7 Å². The average molecular weight is 389 g/mol. The van der Waals surface area contributed by atoms with E-state index in [1.807, 2.05) is 6.92 Å². The first-order valence-corrected chi connectivity index (χ1v) is 9.97. The molecule has 0 unspecified atom stereocenters. The zero-order valence-corrected chi connectivity index (χ0v) is 16.0. The number of ether oxygens (including phenoxy) is 1. The molecule has 9 heteroatoms. The molecule has 1 spiro atoms. The highest BCUT2D eigenvalue weighted by atomic mass is 32.1. The highest BCUT2D eigenvalue weighted by Gasteiger charge is 2.54. The molecule has 4 rings (SSSR count). The summed E-state index contributed by atoms with van der Waals surface area (Å²) in [6.07, 6.45) is 2.67. The molecule has 2 aliphatic heterocycles. The fraction of sp³-hybridized carbons (Fsp3) is 0.556. The summed E-state index contributed by atoms with van der Waals surface area (Å²) in [5.41, 5.74) is 0.636. The van der Waals surface area contributed by atoms with Crippen molar-refractivity contribution in [3.8, 4) is 0 Å². The Hall–Kier alpha value is -2.10. The molecule has 0 radical (unpaired) electrons. The summed E-state index contributed by atoms with van der Waals surface area (Å²) < 4.78 is 6.09. The monoisotopic (exact) mass is 389 g/mol. The number of aromatic nitrogens is 3. The van der Waals surface area contributed by atoms with Gasteiger partial charge in [0.2, 0.25) is 5.13 Å². The van der Waals surface area contributed by atoms with Gasteiger partial charge in [-0.3, -0.25) is 9.78 Å². The Morgan fingerprint density at radius 2 is 2.19 bits per heavy atom. The van der Waals surface area contributed by atoms with Crippen molar-refractivity contribution in [1.82, 2.24) is 20.5 Å². The lowest BCUT2D eigenvalue weighted by molar-refractivity contribution is -0.195. The van der Waals surface area contributed by atoms with Gasteiger partial charge in [0, 0.05) is 25.9 Å². The predicted molar refractivity (Wildman–Crippen MR) is 101 cm³/mol. The number of rotatable bonds is 3. The zero-order chi connectivity index (χ0) is 18.9. The molecule has 0 bridgehead atoms. The lowest BCUT2D eigenvalue weighted by atomic mass is 9.73. The lowest BCUT2D eigenvalue weighted by Gasteiger charge is -2.53. The van der Waals surface area contributed by atoms with E-state index in [0.717, 1.165) is 18.2 Å². The lowest BCUT2D eigenvalue weighted by Crippen LogP contribution is -2.69. The first-order chi connectivity index (χ1) is 13.0. The zero-order valence-electron chi connectivity index (χ0n) is 15.2. The number of carbonyl (C=O) groups is 1. The molecule has 2 N–H and O–H groups in total. The molecule has 2 aromatic rings. The van der Waals surface area contributed by atoms with E-state index in [4.69, 9.17) is 4.74 Å². The summed E-state index contributed by atoms with van der Waals surface area (Å²) in [6.45, 7) is 3.85. The van der Waals surface area contributed by atoms with Crippen LogP contribution in [-0.4, -0.2) is 63.1 Å². The fourth-order valence-corrected chi connectivity index (χ4v) is 4.63. The normalized spacial score (nSPS) is 27.5. The van der Waals surface area contributed by atoms with E-state index in [2.05, 4.69) is 25.4 Å². The number of aliphatic hydroxyl groups excluding tert-OH is 1. The summed E-state index contributed by atoms with van der Waals surface area (Å²) in [6, 6.07) is 5.21. The van der Waals surface area contributed by atoms with Crippen molar-refractivity contribution in [3.63, 3.8) is 0 Å². The van der Waals surface area contributed by atoms with Crippen LogP contribution < -0.4 is 10.2 Å². The van der Waals surface area contributed by atoms with Crippen LogP contribution >= 0.6 is 11.3 Å². The van der Waals surface area contributed by atoms with Gasteiger partial charge in [-0.15, -0.1) is 10.2 Å². The standard InChI is InChI=1S/C18H23N5O3S/c1-17(21-14(24)13-4-2-3-8-19-13)7-11-26-18(15(17)25)5-9-23(10-6-18)16-22-20-12-27-16/h2-4,8,12,15,25H,5-7,9-11H2,1H3,(H,21,24)/t15-,17+/m1/s1. The van der Waals surface area contributed by atoms with Crippen molar-refractivity contribution < 1.29 is 14.6 Å². The molecule has 27 heavy (non-hydrogen) atoms. The van der Waals surface area contributed by atoms with Gasteiger partial charge in [-0.25, -0.2) is 0 Å². The molecule has 2 saturated heterocycles. The summed E-state index contributed by atoms with van der Waals surface area (Å²) in [5.74, 6) is -0.277. The summed E-state index contributed by atoms with van der Waals surface area (Å²) in [7, 11) is 0. The Bertz CT molecular complexity index is 780. The molecule has 4 heterocycles. The average Bonchev–Trinajstić information content (AvgIpc) is 3.22. The van der Waals surface area contributed by atoms with Crippen LogP contribution in [0.4, 0.5) is 5.13 Å². The Kier molecular flexibility index (Phi) is 4.83. The van der Waals surface area contributed by atoms with Crippen LogP contribution in [0, 0.1) is 0 Å². The third-order valence-electron chi connectivity index (χ3n) is 5.64. The Labute approximate surface area is 161 Å². The summed E-state index contributed by atoms with van der Waals surface area (Å²) in [4.78, 5) is 18.9. The number of hydrogen-bond acceptors (Lipinski definition) is 8. The van der Waals surface area contributed by atoms with Crippen LogP contribution in [0.3, 0.4) is 0 Å². The van der Waals surface area contributed by atoms with E-state index in [1.54, 1.807) is 29.9 Å². The van der Waals surface area contributed by atoms with Crippen molar-refractivity contribution in [2.75, 3.05) is 24.6 Å². The molecule has 1 amide bonds. The SMILES string of the molecule is C[C@]1(NC(=O)c2ccccn2)CCOC2(CCN(c3nncs3)CC2)[C@@H]1O. The number of pyridine rings is 1. The van der Waals surface area contributed by atoms with E-state index in [9.17, 15) is 9.90 Å². The Balaban J connectivity index is 1.47. The molecule has 0 aliphatic carbocycles. The van der Waals surface area contributed by atoms with Crippen LogP contribution in [0.25, 0.3) is 0 Å². The van der Waals surface area contributed by atoms with E-state index in [0.29, 0.717) is 31.6 Å². The van der Waals surface area contributed by atoms with Gasteiger partial charge < -0.3 is 20.1 Å². The second-order valence-electron chi connectivity index (χ2n) is 7.36. The van der Waals surface area contributed by atoms with Gasteiger partial charge in [0.25, 0.3) is 5.91 Å². The number of carbonyl (C=O) groups excluding carboxylic acids is 1. The molecule has 2 aliphatic rings. The van der Waals surface area contributed by atoms with Gasteiger partial charge in [-0.05, 0) is 38.3 Å². The number of nitrogens with one attached hydrogen (secondary N) is 1. The topological polar surface area (TPSA) is 100 Å². The van der Waals surface area contributed by atoms with Crippen molar-refractivity contribution in [2.45, 2.75) is 43.4 Å². The molecule has 2 atom stereocenters. The second kappa shape index (κ2) is 7.14. The molecule has 0 saturated carbocycles. The third kappa shape index (κ3) is 3.42. The number of anilines is 1. The first-order valence-electron chi connectivity index (χ1n) is 9.09. The minimum Gasteiger partial charge on any atom is -0.388 e. The van der Waals surface area contributed by atoms with Crippen molar-refractivity contribution in [2.24, 2.45) is 0 Å². The maximum absolute atomic E-state index is 12.6. The maximum atomic E-state index is 12.6. The molecule has 0 aromatic carbocycles. The molecular weight excluding hydrogens is 366 g/mol. The highest BCUT2D eigenvalue weighted by Crippen LogP contribution is 2.40. The molecule has 8 nitrogen and oxygen atoms in total. The molecule has 144 valence electrons. The Morgan fingerprint density at radius 1 is 1.37 bits per heavy atom. The predicted octanol–water partition coefficient (Wildman–Crippen LogP) is 1.24. The molecular formula is C18H23N5O3S. The largest absolute Gasteiger partial charge is 0.388 e. The number of nitrogens with zero attached hydrogens (tertiary/aromatic N) is 4. The van der Waals surface area contributed by atoms with E-state index in [1.165, 1.54) is 11.3 Å². The van der Waals surface area contributed by atoms with Crippen molar-refractivity contribution in [1.29, 1.82) is 0 Å². The van der Waals surface area contributed by atoms with E-state index >= 15 is 0 Å². The first kappa shape index (κ1) is 18.3. The smallest absolute Gasteiger partial charge is 0.270 e. The van der Waals surface area contributed by atoms with E-state index in [-0.39, 0.29) is 5.91 Å². The van der Waals surface area contributed by atoms with Crippen LogP contribution in [0.15, 0.2) is 29.9 Å². The number of piperidine rings is 1. The van der Waals surface area contributed by atoms with Gasteiger partial charge in [0.15, 0.2) is 0 Å². The highest BCUT2D eigenvalue weighted by molar-refractivity contribution is 7.13. The quantitative estimate of drug-likeness (QED) is 0.815. The Morgan fingerprint density at radius 3 is 2.85 bits per heavy atom. The van der Waals surface area contributed by atoms with Crippen LogP contribution in [0.2, 0.25) is 0 Å². The number of aliphatic hydroxyl groups is 1. The van der Waals surface area contributed by atoms with Crippen LogP contribution in [-0.2, 0) is 4.74 Å². The third-order valence-corrected chi connectivity index (χ3v) is 6.39. The van der Waals surface area contributed by atoms with E-state index < -0.39 is 17.2 Å². The second-order valence-corrected chi connectivity index (χ2v) is 8.17. The van der Waals surface area contributed by atoms with Gasteiger partial charge in [-0.2, -0.15) is 0 Å². The minimum absolute atomic E-state index is 0.277. The maximum Gasteiger partial charge on any atom is 0.270 e. The van der Waals surface area contributed by atoms with Gasteiger partial charge in [-0.1, -0.05) is 17.4 Å². The molecule has 2 fully saturated rings. The van der Waals surface area contributed by atoms with Crippen LogP contribution in [0.5, 0.6) is 0 Å². The van der Waals surface area contributed by atoms with Gasteiger partial charge in [0.1, 0.15) is 17.3 Å². The van der Waals surface area contributed by atoms with Crippen molar-refractivity contribution >= 4 is 22.4 Å². The number of hydrogen-bond donors (Lipinski definition) is 2. The van der Waals surface area contributed by atoms with Crippen molar-refractivity contribution in [3.05, 3.63) is 35.6 Å². The summed E-state index contributed by atoms with van der Waals surface area (Å²) in [5, 5.41) is 23.1. The molecule has 2 aromatic heterocycles. The number of amides is 1. The van der Waals surface area contributed by atoms with Gasteiger partial charge >= 0.3 is 0 Å². The minimum atomic E-state index is -0.803. The summed E-state index contributed by atoms with van der Waals surface area (Å²) >= 11 is 1.51. The fourth-order valence-electron chi connectivity index (χ4n) is 4.01. The van der Waals surface area contributed by atoms with Gasteiger partial charge in [0.05, 0.1) is 11.1 Å².